The van der Waals surface area contributed by atoms with Crippen LogP contribution in [0.2, 0.25) is 0 Å². The third kappa shape index (κ3) is 7.30. The number of aryl methyl sites for hydroxylation is 3. The van der Waals surface area contributed by atoms with E-state index in [1.165, 1.54) is 44.5 Å². The van der Waals surface area contributed by atoms with E-state index in [0.29, 0.717) is 5.69 Å². The zero-order valence-corrected chi connectivity index (χ0v) is 33.8. The van der Waals surface area contributed by atoms with Gasteiger partial charge in [-0.15, -0.1) is 0 Å². The molecule has 0 heterocycles. The molecule has 53 heavy (non-hydrogen) atoms. The van der Waals surface area contributed by atoms with Gasteiger partial charge in [-0.1, -0.05) is 108 Å². The molecule has 0 unspecified atom stereocenters. The number of hydrogen-bond donors (Lipinski definition) is 2. The fourth-order valence-electron chi connectivity index (χ4n) is 8.39. The first kappa shape index (κ1) is 37.0. The summed E-state index contributed by atoms with van der Waals surface area (Å²) in [5.41, 5.74) is 17.2. The summed E-state index contributed by atoms with van der Waals surface area (Å²) in [5, 5.41) is 3.70. The van der Waals surface area contributed by atoms with Crippen LogP contribution in [0.1, 0.15) is 106 Å². The molecular weight excluding hydrogens is 669 g/mol. The second kappa shape index (κ2) is 14.1. The molecule has 5 aromatic carbocycles. The molecule has 0 spiro atoms. The number of hydrogen-bond acceptors (Lipinski definition) is 3. The van der Waals surface area contributed by atoms with E-state index in [9.17, 15) is 8.42 Å². The molecule has 7 rings (SSSR count). The van der Waals surface area contributed by atoms with E-state index >= 15 is 0 Å². The molecule has 2 aliphatic carbocycles. The number of anilines is 2. The van der Waals surface area contributed by atoms with Crippen molar-refractivity contribution >= 4 is 21.4 Å². The van der Waals surface area contributed by atoms with Crippen molar-refractivity contribution in [3.8, 4) is 33.4 Å². The average Bonchev–Trinajstić information content (AvgIpc) is 3.13. The van der Waals surface area contributed by atoms with Gasteiger partial charge in [0, 0.05) is 29.3 Å². The summed E-state index contributed by atoms with van der Waals surface area (Å²) in [6, 6.07) is 29.7. The van der Waals surface area contributed by atoms with Crippen LogP contribution in [-0.2, 0) is 46.5 Å². The summed E-state index contributed by atoms with van der Waals surface area (Å²) in [6.45, 7) is 15.4. The summed E-state index contributed by atoms with van der Waals surface area (Å²) >= 11 is 0. The predicted octanol–water partition coefficient (Wildman–Crippen LogP) is 12.2. The van der Waals surface area contributed by atoms with Crippen molar-refractivity contribution < 1.29 is 8.42 Å². The second-order valence-corrected chi connectivity index (χ2v) is 19.0. The van der Waals surface area contributed by atoms with Gasteiger partial charge in [0.1, 0.15) is 0 Å². The van der Waals surface area contributed by atoms with E-state index in [2.05, 4.69) is 112 Å². The molecular formula is C48H56N2O2S. The molecule has 0 radical (unpaired) electrons. The quantitative estimate of drug-likeness (QED) is 0.176. The van der Waals surface area contributed by atoms with Crippen LogP contribution < -0.4 is 10.0 Å². The maximum Gasteiger partial charge on any atom is 0.261 e. The molecule has 5 aromatic rings. The molecule has 0 saturated carbocycles. The Morgan fingerprint density at radius 2 is 0.962 bits per heavy atom. The van der Waals surface area contributed by atoms with Gasteiger partial charge in [-0.25, -0.2) is 8.42 Å². The van der Waals surface area contributed by atoms with Gasteiger partial charge in [0.15, 0.2) is 0 Å². The van der Waals surface area contributed by atoms with Crippen molar-refractivity contribution in [1.29, 1.82) is 0 Å². The molecule has 0 atom stereocenters. The minimum absolute atomic E-state index is 0.00167. The number of benzene rings is 5. The van der Waals surface area contributed by atoms with E-state index in [-0.39, 0.29) is 15.7 Å². The lowest BCUT2D eigenvalue weighted by atomic mass is 9.76. The Morgan fingerprint density at radius 3 is 1.40 bits per heavy atom. The van der Waals surface area contributed by atoms with Crippen molar-refractivity contribution in [2.75, 3.05) is 17.1 Å². The van der Waals surface area contributed by atoms with Gasteiger partial charge in [-0.05, 0) is 138 Å². The summed E-state index contributed by atoms with van der Waals surface area (Å²) < 4.78 is 32.4. The first-order chi connectivity index (χ1) is 25.2. The van der Waals surface area contributed by atoms with Gasteiger partial charge >= 0.3 is 0 Å². The van der Waals surface area contributed by atoms with Crippen molar-refractivity contribution in [2.45, 2.75) is 116 Å². The number of nitrogens with one attached hydrogen (secondary N) is 2. The minimum atomic E-state index is -3.94. The van der Waals surface area contributed by atoms with Gasteiger partial charge in [-0.3, -0.25) is 4.72 Å². The summed E-state index contributed by atoms with van der Waals surface area (Å²) in [7, 11) is -1.91. The van der Waals surface area contributed by atoms with Crippen LogP contribution in [0.3, 0.4) is 0 Å². The van der Waals surface area contributed by atoms with Crippen LogP contribution in [0.5, 0.6) is 0 Å². The highest BCUT2D eigenvalue weighted by molar-refractivity contribution is 7.92. The topological polar surface area (TPSA) is 58.2 Å². The lowest BCUT2D eigenvalue weighted by Crippen LogP contribution is -2.18. The largest absolute Gasteiger partial charge is 0.387 e. The van der Waals surface area contributed by atoms with Crippen LogP contribution in [0.4, 0.5) is 11.4 Å². The van der Waals surface area contributed by atoms with Gasteiger partial charge in [-0.2, -0.15) is 0 Å². The number of fused-ring (bicyclic) bond motifs is 2. The highest BCUT2D eigenvalue weighted by Crippen LogP contribution is 2.52. The summed E-state index contributed by atoms with van der Waals surface area (Å²) in [5.74, 6) is 0. The molecule has 2 N–H and O–H groups in total. The Hall–Kier alpha value is -4.35. The Bertz CT molecular complexity index is 2250. The monoisotopic (exact) mass is 724 g/mol. The smallest absolute Gasteiger partial charge is 0.261 e. The Kier molecular flexibility index (Phi) is 9.86. The van der Waals surface area contributed by atoms with Gasteiger partial charge < -0.3 is 5.32 Å². The number of sulfonamides is 1. The Balaban J connectivity index is 1.57. The van der Waals surface area contributed by atoms with Crippen molar-refractivity contribution in [2.24, 2.45) is 0 Å². The molecule has 4 nitrogen and oxygen atoms in total. The zero-order chi connectivity index (χ0) is 37.7. The maximum absolute atomic E-state index is 14.6. The van der Waals surface area contributed by atoms with Gasteiger partial charge in [0.2, 0.25) is 0 Å². The van der Waals surface area contributed by atoms with Crippen molar-refractivity contribution in [1.82, 2.24) is 0 Å². The van der Waals surface area contributed by atoms with E-state index in [1.807, 2.05) is 26.1 Å². The highest BCUT2D eigenvalue weighted by atomic mass is 32.2. The van der Waals surface area contributed by atoms with E-state index in [1.54, 1.807) is 12.1 Å². The van der Waals surface area contributed by atoms with Gasteiger partial charge in [0.05, 0.1) is 16.3 Å². The molecule has 276 valence electrons. The lowest BCUT2D eigenvalue weighted by molar-refractivity contribution is 0.590. The van der Waals surface area contributed by atoms with E-state index < -0.39 is 10.0 Å². The Labute approximate surface area is 318 Å². The van der Waals surface area contributed by atoms with Crippen molar-refractivity contribution in [3.05, 3.63) is 124 Å². The van der Waals surface area contributed by atoms with Crippen LogP contribution in [-0.4, -0.2) is 15.5 Å². The fourth-order valence-corrected chi connectivity index (χ4v) is 9.49. The lowest BCUT2D eigenvalue weighted by Gasteiger charge is -2.31. The fraction of sp³-hybridized carbons (Fsp3) is 0.375. The zero-order valence-electron chi connectivity index (χ0n) is 33.0. The third-order valence-corrected chi connectivity index (χ3v) is 12.9. The first-order valence-electron chi connectivity index (χ1n) is 19.5. The molecule has 2 aliphatic rings. The predicted molar refractivity (Wildman–Crippen MR) is 225 cm³/mol. The van der Waals surface area contributed by atoms with E-state index in [4.69, 9.17) is 0 Å². The summed E-state index contributed by atoms with van der Waals surface area (Å²) in [6.07, 6.45) is 8.34. The van der Waals surface area contributed by atoms with Crippen LogP contribution >= 0.6 is 0 Å². The van der Waals surface area contributed by atoms with Crippen LogP contribution in [0.25, 0.3) is 33.4 Å². The number of rotatable bonds is 7. The SMILES string of the molecule is CNc1c(-c2ccc(C(C)(C)C)cc2)cc2c(c1-c1c3c(cc(-c4ccc(C(C)(C)C)cc4)c1NS(=O)(=O)c1ccc(C)cc1)CCCC3)CCCC2. The van der Waals surface area contributed by atoms with Crippen LogP contribution in [0.15, 0.2) is 89.8 Å². The molecule has 5 heteroatoms. The molecule has 0 aromatic heterocycles. The Morgan fingerprint density at radius 1 is 0.547 bits per heavy atom. The molecule has 0 amide bonds. The summed E-state index contributed by atoms with van der Waals surface area (Å²) in [4.78, 5) is 0.268. The molecule has 0 aliphatic heterocycles. The average molecular weight is 725 g/mol. The molecule has 0 bridgehead atoms. The van der Waals surface area contributed by atoms with Gasteiger partial charge in [0.25, 0.3) is 10.0 Å². The normalized spacial score (nSPS) is 14.7. The standard InChI is InChI=1S/C48H56N2O2S/c1-31-17-27-38(28-18-31)53(51,52)50-46-42(33-21-25-37(26-22-33)48(5,6)7)30-35-14-10-12-16-40(35)44(46)43-39-15-11-9-13-34(39)29-41(45(43)49-8)32-19-23-36(24-20-32)47(2,3)4/h17-30,49-50H,9-16H2,1-8H3. The molecule has 0 saturated heterocycles. The maximum atomic E-state index is 14.6. The second-order valence-electron chi connectivity index (χ2n) is 17.4. The minimum Gasteiger partial charge on any atom is -0.387 e. The third-order valence-electron chi connectivity index (χ3n) is 11.5. The first-order valence-corrected chi connectivity index (χ1v) is 21.0. The van der Waals surface area contributed by atoms with Crippen LogP contribution in [0, 0.1) is 6.92 Å². The molecule has 0 fully saturated rings. The highest BCUT2D eigenvalue weighted by Gasteiger charge is 2.31. The van der Waals surface area contributed by atoms with Crippen molar-refractivity contribution in [3.63, 3.8) is 0 Å². The van der Waals surface area contributed by atoms with E-state index in [0.717, 1.165) is 84.9 Å².